The highest BCUT2D eigenvalue weighted by Crippen LogP contribution is 2.26. The van der Waals surface area contributed by atoms with Gasteiger partial charge in [-0.05, 0) is 25.0 Å². The van der Waals surface area contributed by atoms with Crippen molar-refractivity contribution in [2.45, 2.75) is 18.8 Å². The Morgan fingerprint density at radius 3 is 3.00 bits per heavy atom. The maximum Gasteiger partial charge on any atom is 0.255 e. The third kappa shape index (κ3) is 3.91. The molecule has 3 heterocycles. The second-order valence-corrected chi connectivity index (χ2v) is 5.83. The van der Waals surface area contributed by atoms with Crippen molar-refractivity contribution in [1.82, 2.24) is 20.1 Å². The first-order valence-electron chi connectivity index (χ1n) is 8.14. The molecule has 1 fully saturated rings. The molecule has 0 aromatic carbocycles. The van der Waals surface area contributed by atoms with Gasteiger partial charge in [-0.15, -0.1) is 0 Å². The normalized spacial score (nSPS) is 17.7. The van der Waals surface area contributed by atoms with Gasteiger partial charge in [-0.25, -0.2) is 4.98 Å². The first kappa shape index (κ1) is 16.4. The van der Waals surface area contributed by atoms with Gasteiger partial charge < -0.3 is 14.4 Å². The lowest BCUT2D eigenvalue weighted by molar-refractivity contribution is 0.0705. The van der Waals surface area contributed by atoms with Gasteiger partial charge in [0.15, 0.2) is 0 Å². The molecule has 3 rings (SSSR count). The van der Waals surface area contributed by atoms with Crippen molar-refractivity contribution in [3.05, 3.63) is 41.9 Å². The Kier molecular flexibility index (Phi) is 5.43. The quantitative estimate of drug-likeness (QED) is 0.818. The molecule has 128 valence electrons. The highest BCUT2D eigenvalue weighted by atomic mass is 16.5. The number of nitrogens with one attached hydrogen (secondary N) is 1. The molecule has 7 heteroatoms. The van der Waals surface area contributed by atoms with Gasteiger partial charge in [0.25, 0.3) is 5.91 Å². The molecular formula is C17H22N4O3. The molecule has 1 N–H and O–H groups in total. The summed E-state index contributed by atoms with van der Waals surface area (Å²) in [5.41, 5.74) is 1.67. The number of carbonyl (C=O) groups is 1. The molecule has 2 aromatic heterocycles. The minimum absolute atomic E-state index is 0.00940. The topological polar surface area (TPSA) is 80.3 Å². The third-order valence-electron chi connectivity index (χ3n) is 4.19. The average molecular weight is 330 g/mol. The van der Waals surface area contributed by atoms with Crippen molar-refractivity contribution < 1.29 is 14.3 Å². The number of likely N-dealkylation sites (tertiary alicyclic amines) is 1. The Balaban J connectivity index is 1.61. The number of hydrogen-bond donors (Lipinski definition) is 1. The fourth-order valence-corrected chi connectivity index (χ4v) is 2.91. The Hall–Kier alpha value is -2.41. The second kappa shape index (κ2) is 7.92. The van der Waals surface area contributed by atoms with Crippen LogP contribution in [0.3, 0.4) is 0 Å². The summed E-state index contributed by atoms with van der Waals surface area (Å²) in [5.74, 6) is 0.822. The Bertz CT molecular complexity index is 642. The van der Waals surface area contributed by atoms with Gasteiger partial charge in [0, 0.05) is 50.3 Å². The summed E-state index contributed by atoms with van der Waals surface area (Å²) >= 11 is 0. The molecule has 1 amide bonds. The van der Waals surface area contributed by atoms with E-state index in [1.54, 1.807) is 31.6 Å². The zero-order chi connectivity index (χ0) is 16.8. The van der Waals surface area contributed by atoms with E-state index in [4.69, 9.17) is 9.47 Å². The Morgan fingerprint density at radius 2 is 2.29 bits per heavy atom. The van der Waals surface area contributed by atoms with Crippen molar-refractivity contribution in [3.8, 4) is 5.88 Å². The van der Waals surface area contributed by atoms with Crippen molar-refractivity contribution in [3.63, 3.8) is 0 Å². The lowest BCUT2D eigenvalue weighted by atomic mass is 9.94. The van der Waals surface area contributed by atoms with E-state index in [0.717, 1.165) is 25.1 Å². The van der Waals surface area contributed by atoms with E-state index in [1.807, 2.05) is 11.0 Å². The Morgan fingerprint density at radius 1 is 1.38 bits per heavy atom. The van der Waals surface area contributed by atoms with Crippen LogP contribution in [0.15, 0.2) is 30.6 Å². The predicted molar refractivity (Wildman–Crippen MR) is 88.1 cm³/mol. The standard InChI is InChI=1S/C17H22N4O3/c1-23-9-10-24-16-5-4-13(11-18-16)17(22)21-8-2-3-14(12-21)15-6-7-19-20-15/h4-7,11,14H,2-3,8-10,12H2,1H3,(H,19,20)/t14-/m0/s1. The van der Waals surface area contributed by atoms with Crippen molar-refractivity contribution >= 4 is 5.91 Å². The molecule has 2 aromatic rings. The molecule has 24 heavy (non-hydrogen) atoms. The average Bonchev–Trinajstić information content (AvgIpc) is 3.17. The van der Waals surface area contributed by atoms with E-state index in [9.17, 15) is 4.79 Å². The second-order valence-electron chi connectivity index (χ2n) is 5.83. The number of methoxy groups -OCH3 is 1. The summed E-state index contributed by atoms with van der Waals surface area (Å²) < 4.78 is 10.3. The highest BCUT2D eigenvalue weighted by Gasteiger charge is 2.26. The highest BCUT2D eigenvalue weighted by molar-refractivity contribution is 5.94. The number of aromatic amines is 1. The zero-order valence-corrected chi connectivity index (χ0v) is 13.8. The number of pyridine rings is 1. The minimum Gasteiger partial charge on any atom is -0.475 e. The summed E-state index contributed by atoms with van der Waals surface area (Å²) in [6.45, 7) is 2.42. The molecule has 7 nitrogen and oxygen atoms in total. The van der Waals surface area contributed by atoms with Crippen LogP contribution in [0.5, 0.6) is 5.88 Å². The van der Waals surface area contributed by atoms with Crippen LogP contribution in [0.25, 0.3) is 0 Å². The van der Waals surface area contributed by atoms with Gasteiger partial charge in [-0.2, -0.15) is 5.10 Å². The fourth-order valence-electron chi connectivity index (χ4n) is 2.91. The minimum atomic E-state index is 0.00940. The summed E-state index contributed by atoms with van der Waals surface area (Å²) in [4.78, 5) is 18.8. The third-order valence-corrected chi connectivity index (χ3v) is 4.19. The van der Waals surface area contributed by atoms with Gasteiger partial charge in [-0.3, -0.25) is 9.89 Å². The largest absolute Gasteiger partial charge is 0.475 e. The van der Waals surface area contributed by atoms with Crippen LogP contribution < -0.4 is 4.74 Å². The lowest BCUT2D eigenvalue weighted by Gasteiger charge is -2.32. The molecule has 0 spiro atoms. The van der Waals surface area contributed by atoms with Crippen LogP contribution in [0.4, 0.5) is 0 Å². The van der Waals surface area contributed by atoms with Gasteiger partial charge in [0.1, 0.15) is 6.61 Å². The molecular weight excluding hydrogens is 308 g/mol. The summed E-state index contributed by atoms with van der Waals surface area (Å²) in [6.07, 6.45) is 5.38. The molecule has 0 radical (unpaired) electrons. The number of piperidine rings is 1. The molecule has 0 unspecified atom stereocenters. The maximum atomic E-state index is 12.7. The molecule has 1 saturated heterocycles. The fraction of sp³-hybridized carbons (Fsp3) is 0.471. The SMILES string of the molecule is COCCOc1ccc(C(=O)N2CCC[C@H](c3ccn[nH]3)C2)cn1. The van der Waals surface area contributed by atoms with Crippen LogP contribution >= 0.6 is 0 Å². The number of aromatic nitrogens is 3. The summed E-state index contributed by atoms with van der Waals surface area (Å²) in [5, 5.41) is 7.02. The van der Waals surface area contributed by atoms with E-state index in [1.165, 1.54) is 0 Å². The molecule has 1 atom stereocenters. The van der Waals surface area contributed by atoms with Gasteiger partial charge in [0.05, 0.1) is 12.2 Å². The van der Waals surface area contributed by atoms with Crippen LogP contribution in [0.2, 0.25) is 0 Å². The number of rotatable bonds is 6. The number of amides is 1. The van der Waals surface area contributed by atoms with Crippen LogP contribution in [0, 0.1) is 0 Å². The van der Waals surface area contributed by atoms with Crippen molar-refractivity contribution in [2.75, 3.05) is 33.4 Å². The Labute approximate surface area is 141 Å². The van der Waals surface area contributed by atoms with Crippen molar-refractivity contribution in [2.24, 2.45) is 0 Å². The van der Waals surface area contributed by atoms with E-state index < -0.39 is 0 Å². The molecule has 0 saturated carbocycles. The first-order chi connectivity index (χ1) is 11.8. The number of nitrogens with zero attached hydrogens (tertiary/aromatic N) is 3. The number of hydrogen-bond acceptors (Lipinski definition) is 5. The van der Waals surface area contributed by atoms with E-state index >= 15 is 0 Å². The van der Waals surface area contributed by atoms with Gasteiger partial charge in [-0.1, -0.05) is 0 Å². The number of H-pyrrole nitrogens is 1. The predicted octanol–water partition coefficient (Wildman–Crippen LogP) is 1.85. The smallest absolute Gasteiger partial charge is 0.255 e. The van der Waals surface area contributed by atoms with Crippen LogP contribution in [-0.4, -0.2) is 59.4 Å². The first-order valence-corrected chi connectivity index (χ1v) is 8.14. The van der Waals surface area contributed by atoms with Crippen molar-refractivity contribution in [1.29, 1.82) is 0 Å². The number of ether oxygens (including phenoxy) is 2. The van der Waals surface area contributed by atoms with Crippen LogP contribution in [0.1, 0.15) is 34.8 Å². The zero-order valence-electron chi connectivity index (χ0n) is 13.8. The molecule has 1 aliphatic heterocycles. The maximum absolute atomic E-state index is 12.7. The molecule has 0 aliphatic carbocycles. The van der Waals surface area contributed by atoms with Gasteiger partial charge in [0.2, 0.25) is 5.88 Å². The summed E-state index contributed by atoms with van der Waals surface area (Å²) in [7, 11) is 1.62. The lowest BCUT2D eigenvalue weighted by Crippen LogP contribution is -2.39. The molecule has 1 aliphatic rings. The summed E-state index contributed by atoms with van der Waals surface area (Å²) in [6, 6.07) is 5.46. The van der Waals surface area contributed by atoms with Crippen LogP contribution in [-0.2, 0) is 4.74 Å². The van der Waals surface area contributed by atoms with E-state index in [-0.39, 0.29) is 5.91 Å². The van der Waals surface area contributed by atoms with Gasteiger partial charge >= 0.3 is 0 Å². The number of carbonyl (C=O) groups excluding carboxylic acids is 1. The monoisotopic (exact) mass is 330 g/mol. The van der Waals surface area contributed by atoms with E-state index in [2.05, 4.69) is 15.2 Å². The molecule has 0 bridgehead atoms. The van der Waals surface area contributed by atoms with E-state index in [0.29, 0.717) is 37.1 Å².